The fourth-order valence-corrected chi connectivity index (χ4v) is 1.37. The molecule has 1 aromatic rings. The minimum atomic E-state index is -0.422. The molecule has 0 aliphatic carbocycles. The molecular weight excluding hydrogens is 196 g/mol. The second-order valence-electron chi connectivity index (χ2n) is 3.51. The first-order chi connectivity index (χ1) is 7.25. The van der Waals surface area contributed by atoms with E-state index in [-0.39, 0.29) is 5.69 Å². The molecule has 1 heterocycles. The topological polar surface area (TPSA) is 64.4 Å². The smallest absolute Gasteiger partial charge is 0.273 e. The van der Waals surface area contributed by atoms with E-state index in [9.17, 15) is 10.1 Å². The number of hydrogen-bond acceptors (Lipinski definition) is 4. The van der Waals surface area contributed by atoms with Crippen LogP contribution >= 0.6 is 0 Å². The Morgan fingerprint density at radius 3 is 3.00 bits per heavy atom. The molecule has 1 N–H and O–H groups in total. The summed E-state index contributed by atoms with van der Waals surface area (Å²) in [5.41, 5.74) is 0.0640. The van der Waals surface area contributed by atoms with Gasteiger partial charge in [-0.25, -0.2) is 0 Å². The lowest BCUT2D eigenvalue weighted by Crippen LogP contribution is -2.46. The predicted octanol–water partition coefficient (Wildman–Crippen LogP) is 1.34. The van der Waals surface area contributed by atoms with Crippen LogP contribution in [-0.4, -0.2) is 24.1 Å². The molecule has 15 heavy (non-hydrogen) atoms. The Balaban J connectivity index is 1.94. The van der Waals surface area contributed by atoms with Crippen molar-refractivity contribution in [2.24, 2.45) is 0 Å². The highest BCUT2D eigenvalue weighted by Crippen LogP contribution is 2.19. The molecule has 5 heteroatoms. The van der Waals surface area contributed by atoms with Gasteiger partial charge in [-0.05, 0) is 19.0 Å². The van der Waals surface area contributed by atoms with Gasteiger partial charge in [0, 0.05) is 12.1 Å². The van der Waals surface area contributed by atoms with Crippen molar-refractivity contribution in [1.82, 2.24) is 5.32 Å². The van der Waals surface area contributed by atoms with Crippen molar-refractivity contribution >= 4 is 5.69 Å². The highest BCUT2D eigenvalue weighted by Gasteiger charge is 2.17. The van der Waals surface area contributed by atoms with E-state index in [1.54, 1.807) is 12.1 Å². The molecule has 1 aliphatic rings. The number of rotatable bonds is 4. The molecule has 2 rings (SSSR count). The van der Waals surface area contributed by atoms with Crippen molar-refractivity contribution in [2.75, 3.05) is 13.2 Å². The molecule has 0 aromatic heterocycles. The number of nitrogens with one attached hydrogen (secondary N) is 1. The van der Waals surface area contributed by atoms with E-state index in [1.807, 2.05) is 0 Å². The van der Waals surface area contributed by atoms with Gasteiger partial charge in [-0.3, -0.25) is 10.1 Å². The zero-order chi connectivity index (χ0) is 10.7. The summed E-state index contributed by atoms with van der Waals surface area (Å²) in [7, 11) is 0. The summed E-state index contributed by atoms with van der Waals surface area (Å²) in [6, 6.07) is 6.64. The molecule has 5 nitrogen and oxygen atoms in total. The third-order valence-corrected chi connectivity index (χ3v) is 2.41. The van der Waals surface area contributed by atoms with E-state index < -0.39 is 4.92 Å². The first-order valence-corrected chi connectivity index (χ1v) is 4.86. The van der Waals surface area contributed by atoms with Crippen LogP contribution in [0.2, 0.25) is 0 Å². The van der Waals surface area contributed by atoms with Crippen LogP contribution in [0, 0.1) is 10.1 Å². The predicted molar refractivity (Wildman–Crippen MR) is 55.0 cm³/mol. The third-order valence-electron chi connectivity index (χ3n) is 2.41. The van der Waals surface area contributed by atoms with Crippen molar-refractivity contribution in [3.05, 3.63) is 34.4 Å². The first-order valence-electron chi connectivity index (χ1n) is 4.86. The Hall–Kier alpha value is -1.62. The van der Waals surface area contributed by atoms with Gasteiger partial charge < -0.3 is 10.1 Å². The highest BCUT2D eigenvalue weighted by molar-refractivity contribution is 5.37. The molecule has 0 radical (unpaired) electrons. The van der Waals surface area contributed by atoms with Crippen molar-refractivity contribution in [3.8, 4) is 5.75 Å². The van der Waals surface area contributed by atoms with E-state index in [0.717, 1.165) is 13.0 Å². The summed E-state index contributed by atoms with van der Waals surface area (Å²) in [6.07, 6.45) is 1.11. The van der Waals surface area contributed by atoms with E-state index in [2.05, 4.69) is 5.32 Å². The van der Waals surface area contributed by atoms with Gasteiger partial charge in [-0.2, -0.15) is 0 Å². The van der Waals surface area contributed by atoms with Gasteiger partial charge in [0.25, 0.3) is 5.69 Å². The van der Waals surface area contributed by atoms with Crippen LogP contribution in [0.1, 0.15) is 6.42 Å². The van der Waals surface area contributed by atoms with Gasteiger partial charge >= 0.3 is 0 Å². The van der Waals surface area contributed by atoms with Crippen LogP contribution in [0.15, 0.2) is 24.3 Å². The fraction of sp³-hybridized carbons (Fsp3) is 0.400. The van der Waals surface area contributed by atoms with Gasteiger partial charge in [0.1, 0.15) is 12.4 Å². The molecule has 0 amide bonds. The second-order valence-corrected chi connectivity index (χ2v) is 3.51. The summed E-state index contributed by atoms with van der Waals surface area (Å²) in [4.78, 5) is 10.1. The van der Waals surface area contributed by atoms with Crippen molar-refractivity contribution < 1.29 is 9.66 Å². The molecule has 0 spiro atoms. The van der Waals surface area contributed by atoms with Crippen LogP contribution in [0.25, 0.3) is 0 Å². The standard InChI is InChI=1S/C10H12N2O3/c13-12(14)9-2-1-3-10(6-9)15-7-8-4-5-11-8/h1-3,6,8,11H,4-5,7H2. The number of benzene rings is 1. The number of nitrogens with zero attached hydrogens (tertiary/aromatic N) is 1. The summed E-state index contributed by atoms with van der Waals surface area (Å²) >= 11 is 0. The largest absolute Gasteiger partial charge is 0.492 e. The van der Waals surface area contributed by atoms with Gasteiger partial charge in [0.2, 0.25) is 0 Å². The van der Waals surface area contributed by atoms with Crippen LogP contribution in [0.3, 0.4) is 0 Å². The maximum Gasteiger partial charge on any atom is 0.273 e. The minimum absolute atomic E-state index is 0.0640. The van der Waals surface area contributed by atoms with Crippen LogP contribution < -0.4 is 10.1 Å². The van der Waals surface area contributed by atoms with E-state index in [1.165, 1.54) is 12.1 Å². The van der Waals surface area contributed by atoms with Crippen LogP contribution in [0.4, 0.5) is 5.69 Å². The molecule has 80 valence electrons. The molecular formula is C10H12N2O3. The number of nitro benzene ring substituents is 1. The molecule has 0 saturated carbocycles. The number of non-ortho nitro benzene ring substituents is 1. The first kappa shape index (κ1) is 9.92. The zero-order valence-corrected chi connectivity index (χ0v) is 8.18. The van der Waals surface area contributed by atoms with Crippen molar-refractivity contribution in [2.45, 2.75) is 12.5 Å². The molecule has 1 unspecified atom stereocenters. The lowest BCUT2D eigenvalue weighted by Gasteiger charge is -2.27. The Labute approximate surface area is 87.2 Å². The van der Waals surface area contributed by atoms with Crippen molar-refractivity contribution in [1.29, 1.82) is 0 Å². The monoisotopic (exact) mass is 208 g/mol. The summed E-state index contributed by atoms with van der Waals surface area (Å²) in [6.45, 7) is 1.60. The molecule has 1 aromatic carbocycles. The number of nitro groups is 1. The van der Waals surface area contributed by atoms with E-state index in [4.69, 9.17) is 4.74 Å². The van der Waals surface area contributed by atoms with Crippen molar-refractivity contribution in [3.63, 3.8) is 0 Å². The average Bonchev–Trinajstić information content (AvgIpc) is 2.16. The molecule has 1 saturated heterocycles. The molecule has 1 atom stereocenters. The zero-order valence-electron chi connectivity index (χ0n) is 8.18. The van der Waals surface area contributed by atoms with Crippen LogP contribution in [-0.2, 0) is 0 Å². The maximum atomic E-state index is 10.5. The van der Waals surface area contributed by atoms with Gasteiger partial charge in [0.15, 0.2) is 0 Å². The Bertz CT molecular complexity index is 363. The second kappa shape index (κ2) is 4.27. The molecule has 0 bridgehead atoms. The summed E-state index contributed by atoms with van der Waals surface area (Å²) < 4.78 is 5.43. The third kappa shape index (κ3) is 2.44. The van der Waals surface area contributed by atoms with Gasteiger partial charge in [-0.15, -0.1) is 0 Å². The SMILES string of the molecule is O=[N+]([O-])c1cccc(OCC2CCN2)c1. The average molecular weight is 208 g/mol. The lowest BCUT2D eigenvalue weighted by atomic mass is 10.1. The minimum Gasteiger partial charge on any atom is -0.492 e. The highest BCUT2D eigenvalue weighted by atomic mass is 16.6. The molecule has 1 fully saturated rings. The quantitative estimate of drug-likeness (QED) is 0.599. The maximum absolute atomic E-state index is 10.5. The normalized spacial score (nSPS) is 19.3. The van der Waals surface area contributed by atoms with Gasteiger partial charge in [-0.1, -0.05) is 6.07 Å². The van der Waals surface area contributed by atoms with E-state index >= 15 is 0 Å². The fourth-order valence-electron chi connectivity index (χ4n) is 1.37. The molecule has 1 aliphatic heterocycles. The Kier molecular flexibility index (Phi) is 2.82. The Morgan fingerprint density at radius 2 is 2.40 bits per heavy atom. The van der Waals surface area contributed by atoms with Gasteiger partial charge in [0.05, 0.1) is 11.0 Å². The number of hydrogen-bond donors (Lipinski definition) is 1. The van der Waals surface area contributed by atoms with Crippen LogP contribution in [0.5, 0.6) is 5.75 Å². The summed E-state index contributed by atoms with van der Waals surface area (Å²) in [5, 5.41) is 13.7. The number of ether oxygens (including phenoxy) is 1. The Morgan fingerprint density at radius 1 is 1.60 bits per heavy atom. The lowest BCUT2D eigenvalue weighted by molar-refractivity contribution is -0.384. The van der Waals surface area contributed by atoms with E-state index in [0.29, 0.717) is 18.4 Å². The summed E-state index contributed by atoms with van der Waals surface area (Å²) in [5.74, 6) is 0.554.